The van der Waals surface area contributed by atoms with E-state index in [0.717, 1.165) is 39.3 Å². The molecule has 1 N–H and O–H groups in total. The number of hydrogen-bond acceptors (Lipinski definition) is 4. The van der Waals surface area contributed by atoms with Crippen LogP contribution in [0.4, 0.5) is 0 Å². The number of ether oxygens (including phenoxy) is 3. The highest BCUT2D eigenvalue weighted by molar-refractivity contribution is 4.91. The van der Waals surface area contributed by atoms with Crippen molar-refractivity contribution < 1.29 is 14.2 Å². The lowest BCUT2D eigenvalue weighted by Gasteiger charge is -2.31. The van der Waals surface area contributed by atoms with Crippen molar-refractivity contribution in [2.75, 3.05) is 47.1 Å². The van der Waals surface area contributed by atoms with E-state index in [1.165, 1.54) is 0 Å². The lowest BCUT2D eigenvalue weighted by Crippen LogP contribution is -2.43. The minimum atomic E-state index is 0.141. The molecular weight excluding hydrogens is 194 g/mol. The molecule has 1 fully saturated rings. The van der Waals surface area contributed by atoms with E-state index in [2.05, 4.69) is 12.2 Å². The molecule has 1 aliphatic rings. The highest BCUT2D eigenvalue weighted by Gasteiger charge is 2.41. The monoisotopic (exact) mass is 217 g/mol. The van der Waals surface area contributed by atoms with Crippen LogP contribution in [0.3, 0.4) is 0 Å². The standard InChI is InChI=1S/C11H23NO3/c1-10-11(9-14-3,4-6-15-10)8-12-5-7-13-2/h10,12H,4-9H2,1-3H3. The Morgan fingerprint density at radius 3 is 2.73 bits per heavy atom. The summed E-state index contributed by atoms with van der Waals surface area (Å²) in [6.45, 7) is 6.30. The maximum absolute atomic E-state index is 5.63. The van der Waals surface area contributed by atoms with Crippen molar-refractivity contribution in [3.63, 3.8) is 0 Å². The fourth-order valence-corrected chi connectivity index (χ4v) is 2.09. The average Bonchev–Trinajstić information content (AvgIpc) is 2.57. The molecule has 0 aromatic rings. The molecule has 0 aromatic heterocycles. The van der Waals surface area contributed by atoms with E-state index in [4.69, 9.17) is 14.2 Å². The van der Waals surface area contributed by atoms with Crippen molar-refractivity contribution in [1.29, 1.82) is 0 Å². The number of methoxy groups -OCH3 is 2. The van der Waals surface area contributed by atoms with Crippen LogP contribution >= 0.6 is 0 Å². The van der Waals surface area contributed by atoms with E-state index < -0.39 is 0 Å². The molecule has 1 rings (SSSR count). The fourth-order valence-electron chi connectivity index (χ4n) is 2.09. The maximum Gasteiger partial charge on any atom is 0.0638 e. The molecule has 90 valence electrons. The molecule has 0 spiro atoms. The smallest absolute Gasteiger partial charge is 0.0638 e. The molecule has 0 amide bonds. The minimum absolute atomic E-state index is 0.141. The van der Waals surface area contributed by atoms with Crippen LogP contribution in [0.5, 0.6) is 0 Å². The molecule has 2 unspecified atom stereocenters. The van der Waals surface area contributed by atoms with Crippen LogP contribution in [0.15, 0.2) is 0 Å². The van der Waals surface area contributed by atoms with Crippen LogP contribution < -0.4 is 5.32 Å². The summed E-state index contributed by atoms with van der Waals surface area (Å²) in [4.78, 5) is 0. The molecule has 1 aliphatic heterocycles. The summed E-state index contributed by atoms with van der Waals surface area (Å²) in [5.74, 6) is 0. The first-order valence-electron chi connectivity index (χ1n) is 5.55. The molecule has 4 nitrogen and oxygen atoms in total. The fraction of sp³-hybridized carbons (Fsp3) is 1.00. The van der Waals surface area contributed by atoms with Gasteiger partial charge in [0, 0.05) is 39.3 Å². The molecular formula is C11H23NO3. The lowest BCUT2D eigenvalue weighted by atomic mass is 9.82. The van der Waals surface area contributed by atoms with E-state index in [0.29, 0.717) is 0 Å². The van der Waals surface area contributed by atoms with Crippen molar-refractivity contribution in [2.24, 2.45) is 5.41 Å². The Labute approximate surface area is 92.3 Å². The van der Waals surface area contributed by atoms with Gasteiger partial charge in [0.2, 0.25) is 0 Å². The van der Waals surface area contributed by atoms with E-state index in [1.54, 1.807) is 14.2 Å². The van der Waals surface area contributed by atoms with Crippen molar-refractivity contribution >= 4 is 0 Å². The molecule has 1 heterocycles. The zero-order valence-corrected chi connectivity index (χ0v) is 10.0. The molecule has 1 saturated heterocycles. The van der Waals surface area contributed by atoms with E-state index in [1.807, 2.05) is 0 Å². The van der Waals surface area contributed by atoms with Crippen LogP contribution in [0, 0.1) is 5.41 Å². The van der Waals surface area contributed by atoms with Crippen molar-refractivity contribution in [1.82, 2.24) is 5.32 Å². The van der Waals surface area contributed by atoms with E-state index >= 15 is 0 Å². The van der Waals surface area contributed by atoms with Gasteiger partial charge in [0.25, 0.3) is 0 Å². The van der Waals surface area contributed by atoms with Gasteiger partial charge >= 0.3 is 0 Å². The Morgan fingerprint density at radius 2 is 2.20 bits per heavy atom. The molecule has 4 heteroatoms. The molecule has 0 saturated carbocycles. The first kappa shape index (κ1) is 12.9. The molecule has 0 aliphatic carbocycles. The van der Waals surface area contributed by atoms with Gasteiger partial charge < -0.3 is 19.5 Å². The summed E-state index contributed by atoms with van der Waals surface area (Å²) < 4.78 is 15.9. The lowest BCUT2D eigenvalue weighted by molar-refractivity contribution is 0.0102. The number of rotatable bonds is 7. The van der Waals surface area contributed by atoms with Gasteiger partial charge in [-0.05, 0) is 13.3 Å². The van der Waals surface area contributed by atoms with E-state index in [9.17, 15) is 0 Å². The Balaban J connectivity index is 2.36. The quantitative estimate of drug-likeness (QED) is 0.636. The van der Waals surface area contributed by atoms with Crippen LogP contribution in [-0.2, 0) is 14.2 Å². The van der Waals surface area contributed by atoms with Crippen LogP contribution in [-0.4, -0.2) is 53.2 Å². The van der Waals surface area contributed by atoms with E-state index in [-0.39, 0.29) is 11.5 Å². The molecule has 15 heavy (non-hydrogen) atoms. The molecule has 2 atom stereocenters. The highest BCUT2D eigenvalue weighted by atomic mass is 16.5. The summed E-state index contributed by atoms with van der Waals surface area (Å²) in [6, 6.07) is 0. The summed E-state index contributed by atoms with van der Waals surface area (Å²) in [6.07, 6.45) is 1.34. The second kappa shape index (κ2) is 6.43. The summed E-state index contributed by atoms with van der Waals surface area (Å²) in [5.41, 5.74) is 0.141. The van der Waals surface area contributed by atoms with Gasteiger partial charge in [-0.15, -0.1) is 0 Å². The topological polar surface area (TPSA) is 39.7 Å². The van der Waals surface area contributed by atoms with Gasteiger partial charge in [0.15, 0.2) is 0 Å². The molecule has 0 aromatic carbocycles. The summed E-state index contributed by atoms with van der Waals surface area (Å²) in [5, 5.41) is 3.40. The van der Waals surface area contributed by atoms with Crippen LogP contribution in [0.1, 0.15) is 13.3 Å². The highest BCUT2D eigenvalue weighted by Crippen LogP contribution is 2.34. The third-order valence-corrected chi connectivity index (χ3v) is 3.22. The number of hydrogen-bond donors (Lipinski definition) is 1. The van der Waals surface area contributed by atoms with Crippen LogP contribution in [0.2, 0.25) is 0 Å². The minimum Gasteiger partial charge on any atom is -0.384 e. The zero-order valence-electron chi connectivity index (χ0n) is 10.0. The van der Waals surface area contributed by atoms with Gasteiger partial charge in [0.05, 0.1) is 19.3 Å². The SMILES string of the molecule is COCCNCC1(COC)CCOC1C. The first-order chi connectivity index (χ1) is 7.25. The Kier molecular flexibility index (Phi) is 5.53. The second-order valence-corrected chi connectivity index (χ2v) is 4.23. The van der Waals surface area contributed by atoms with Gasteiger partial charge in [-0.3, -0.25) is 0 Å². The summed E-state index contributed by atoms with van der Waals surface area (Å²) in [7, 11) is 3.47. The normalized spacial score (nSPS) is 31.0. The van der Waals surface area contributed by atoms with Crippen LogP contribution in [0.25, 0.3) is 0 Å². The maximum atomic E-state index is 5.63. The zero-order chi connectivity index (χ0) is 11.1. The third kappa shape index (κ3) is 3.41. The number of nitrogens with one attached hydrogen (secondary N) is 1. The predicted molar refractivity (Wildman–Crippen MR) is 59.1 cm³/mol. The predicted octanol–water partition coefficient (Wildman–Crippen LogP) is 0.664. The van der Waals surface area contributed by atoms with Crippen molar-refractivity contribution in [2.45, 2.75) is 19.4 Å². The second-order valence-electron chi connectivity index (χ2n) is 4.23. The van der Waals surface area contributed by atoms with Crippen molar-refractivity contribution in [3.05, 3.63) is 0 Å². The molecule has 0 radical (unpaired) electrons. The van der Waals surface area contributed by atoms with Gasteiger partial charge in [-0.25, -0.2) is 0 Å². The first-order valence-corrected chi connectivity index (χ1v) is 5.55. The summed E-state index contributed by atoms with van der Waals surface area (Å²) >= 11 is 0. The van der Waals surface area contributed by atoms with Gasteiger partial charge in [-0.2, -0.15) is 0 Å². The van der Waals surface area contributed by atoms with Gasteiger partial charge in [-0.1, -0.05) is 0 Å². The Morgan fingerprint density at radius 1 is 1.40 bits per heavy atom. The third-order valence-electron chi connectivity index (χ3n) is 3.22. The van der Waals surface area contributed by atoms with Crippen molar-refractivity contribution in [3.8, 4) is 0 Å². The largest absolute Gasteiger partial charge is 0.384 e. The average molecular weight is 217 g/mol. The molecule has 0 bridgehead atoms. The Bertz CT molecular complexity index is 177. The Hall–Kier alpha value is -0.160. The van der Waals surface area contributed by atoms with Gasteiger partial charge in [0.1, 0.15) is 0 Å².